The number of fused-ring (bicyclic) bond motifs is 1. The molecule has 0 aliphatic heterocycles. The molecule has 44 heavy (non-hydrogen) atoms. The van der Waals surface area contributed by atoms with Gasteiger partial charge in [-0.1, -0.05) is 121 Å². The van der Waals surface area contributed by atoms with Crippen molar-refractivity contribution in [1.29, 1.82) is 0 Å². The summed E-state index contributed by atoms with van der Waals surface area (Å²) in [5, 5.41) is 0.539. The van der Waals surface area contributed by atoms with Crippen molar-refractivity contribution in [2.45, 2.75) is 32.2 Å². The smallest absolute Gasteiger partial charge is 0.266 e. The van der Waals surface area contributed by atoms with E-state index in [2.05, 4.69) is 12.1 Å². The van der Waals surface area contributed by atoms with Gasteiger partial charge in [-0.05, 0) is 61.2 Å². The molecular weight excluding hydrogens is 542 g/mol. The van der Waals surface area contributed by atoms with E-state index in [1.807, 2.05) is 146 Å². The number of carbonyl (C=O) groups is 1. The fourth-order valence-corrected chi connectivity index (χ4v) is 5.84. The average molecular weight is 578 g/mol. The van der Waals surface area contributed by atoms with Gasteiger partial charge in [0.25, 0.3) is 5.56 Å². The highest BCUT2D eigenvalue weighted by molar-refractivity contribution is 5.87. The summed E-state index contributed by atoms with van der Waals surface area (Å²) in [5.41, 5.74) is 5.25. The molecule has 1 atom stereocenters. The molecule has 1 unspecified atom stereocenters. The standard InChI is InChI=1S/C39H35N3O2/c1-28-22-24-33(25-23-28)42-37(40-35-21-13-12-20-34(35)38(42)43)29(2)41(27-26-30-14-6-3-7-15-30)39(44)36(31-16-8-4-9-17-31)32-18-10-5-11-19-32/h3-25,29,36H,26-27H2,1-2H3. The molecule has 1 heterocycles. The molecular formula is C39H35N3O2. The Hall–Kier alpha value is -5.29. The third-order valence-electron chi connectivity index (χ3n) is 8.22. The maximum Gasteiger partial charge on any atom is 0.266 e. The number of hydrogen-bond donors (Lipinski definition) is 0. The second kappa shape index (κ2) is 12.9. The van der Waals surface area contributed by atoms with Crippen molar-refractivity contribution in [1.82, 2.24) is 14.5 Å². The summed E-state index contributed by atoms with van der Waals surface area (Å²) in [5.74, 6) is -0.0295. The Morgan fingerprint density at radius 3 is 1.89 bits per heavy atom. The van der Waals surface area contributed by atoms with Gasteiger partial charge < -0.3 is 4.90 Å². The minimum atomic E-state index is -0.518. The van der Waals surface area contributed by atoms with Crippen LogP contribution in [0.15, 0.2) is 144 Å². The molecule has 0 bridgehead atoms. The zero-order valence-electron chi connectivity index (χ0n) is 25.0. The fraction of sp³-hybridized carbons (Fsp3) is 0.154. The van der Waals surface area contributed by atoms with Gasteiger partial charge in [0.2, 0.25) is 5.91 Å². The van der Waals surface area contributed by atoms with Crippen LogP contribution in [0.2, 0.25) is 0 Å². The van der Waals surface area contributed by atoms with Crippen LogP contribution in [-0.4, -0.2) is 26.9 Å². The maximum atomic E-state index is 14.9. The lowest BCUT2D eigenvalue weighted by Crippen LogP contribution is -2.41. The number of nitrogens with zero attached hydrogens (tertiary/aromatic N) is 3. The average Bonchev–Trinajstić information content (AvgIpc) is 3.07. The highest BCUT2D eigenvalue weighted by Crippen LogP contribution is 2.32. The van der Waals surface area contributed by atoms with Crippen LogP contribution in [0.4, 0.5) is 0 Å². The van der Waals surface area contributed by atoms with E-state index in [-0.39, 0.29) is 11.5 Å². The Kier molecular flexibility index (Phi) is 8.46. The van der Waals surface area contributed by atoms with Crippen LogP contribution < -0.4 is 5.56 Å². The number of amides is 1. The van der Waals surface area contributed by atoms with Crippen LogP contribution in [0.1, 0.15) is 47.0 Å². The fourth-order valence-electron chi connectivity index (χ4n) is 5.84. The summed E-state index contributed by atoms with van der Waals surface area (Å²) in [6.07, 6.45) is 0.662. The Bertz CT molecular complexity index is 1880. The van der Waals surface area contributed by atoms with E-state index in [1.54, 1.807) is 4.57 Å². The number of carbonyl (C=O) groups excluding carboxylic acids is 1. The van der Waals surface area contributed by atoms with Crippen LogP contribution >= 0.6 is 0 Å². The molecule has 218 valence electrons. The predicted molar refractivity (Wildman–Crippen MR) is 177 cm³/mol. The monoisotopic (exact) mass is 577 g/mol. The van der Waals surface area contributed by atoms with E-state index in [0.29, 0.717) is 29.7 Å². The second-order valence-electron chi connectivity index (χ2n) is 11.2. The summed E-state index contributed by atoms with van der Waals surface area (Å²) in [7, 11) is 0. The Morgan fingerprint density at radius 1 is 0.727 bits per heavy atom. The number of benzene rings is 5. The first-order chi connectivity index (χ1) is 21.5. The molecule has 0 saturated carbocycles. The lowest BCUT2D eigenvalue weighted by atomic mass is 9.89. The van der Waals surface area contributed by atoms with Crippen molar-refractivity contribution in [2.24, 2.45) is 0 Å². The van der Waals surface area contributed by atoms with Crippen molar-refractivity contribution in [3.63, 3.8) is 0 Å². The molecule has 6 rings (SSSR count). The number of aromatic nitrogens is 2. The van der Waals surface area contributed by atoms with Crippen molar-refractivity contribution < 1.29 is 4.79 Å². The maximum absolute atomic E-state index is 14.9. The topological polar surface area (TPSA) is 55.2 Å². The third-order valence-corrected chi connectivity index (χ3v) is 8.22. The van der Waals surface area contributed by atoms with Crippen LogP contribution in [0.3, 0.4) is 0 Å². The SMILES string of the molecule is Cc1ccc(-n2c(C(C)N(CCc3ccccc3)C(=O)C(c3ccccc3)c3ccccc3)nc3ccccc3c2=O)cc1. The molecule has 0 spiro atoms. The van der Waals surface area contributed by atoms with Gasteiger partial charge in [0.05, 0.1) is 28.6 Å². The molecule has 5 nitrogen and oxygen atoms in total. The Morgan fingerprint density at radius 2 is 1.27 bits per heavy atom. The lowest BCUT2D eigenvalue weighted by molar-refractivity contribution is -0.134. The molecule has 0 aliphatic carbocycles. The van der Waals surface area contributed by atoms with E-state index in [9.17, 15) is 9.59 Å². The molecule has 5 aromatic carbocycles. The van der Waals surface area contributed by atoms with Gasteiger partial charge in [0.1, 0.15) is 5.82 Å². The lowest BCUT2D eigenvalue weighted by Gasteiger charge is -2.34. The summed E-state index contributed by atoms with van der Waals surface area (Å²) in [6.45, 7) is 4.46. The molecule has 1 aromatic heterocycles. The summed E-state index contributed by atoms with van der Waals surface area (Å²) in [6, 6.07) is 44.8. The number of para-hydroxylation sites is 1. The highest BCUT2D eigenvalue weighted by atomic mass is 16.2. The highest BCUT2D eigenvalue weighted by Gasteiger charge is 2.33. The van der Waals surface area contributed by atoms with E-state index >= 15 is 0 Å². The van der Waals surface area contributed by atoms with Crippen LogP contribution in [0, 0.1) is 6.92 Å². The molecule has 0 N–H and O–H groups in total. The molecule has 6 aromatic rings. The van der Waals surface area contributed by atoms with E-state index < -0.39 is 12.0 Å². The molecule has 0 fully saturated rings. The van der Waals surface area contributed by atoms with Crippen molar-refractivity contribution >= 4 is 16.8 Å². The Labute approximate surface area is 258 Å². The van der Waals surface area contributed by atoms with E-state index in [4.69, 9.17) is 4.98 Å². The van der Waals surface area contributed by atoms with Crippen molar-refractivity contribution in [3.05, 3.63) is 178 Å². The Balaban J connectivity index is 1.52. The van der Waals surface area contributed by atoms with Gasteiger partial charge in [-0.25, -0.2) is 4.98 Å². The zero-order valence-corrected chi connectivity index (χ0v) is 25.0. The number of rotatable bonds is 9. The largest absolute Gasteiger partial charge is 0.332 e. The van der Waals surface area contributed by atoms with Crippen LogP contribution in [0.25, 0.3) is 16.6 Å². The quantitative estimate of drug-likeness (QED) is 0.177. The summed E-state index contributed by atoms with van der Waals surface area (Å²) >= 11 is 0. The molecule has 0 saturated heterocycles. The van der Waals surface area contributed by atoms with E-state index in [1.165, 1.54) is 0 Å². The van der Waals surface area contributed by atoms with Gasteiger partial charge in [0.15, 0.2) is 0 Å². The van der Waals surface area contributed by atoms with Gasteiger partial charge in [-0.15, -0.1) is 0 Å². The molecule has 0 radical (unpaired) electrons. The van der Waals surface area contributed by atoms with Gasteiger partial charge in [-0.3, -0.25) is 14.2 Å². The number of aryl methyl sites for hydroxylation is 1. The van der Waals surface area contributed by atoms with Gasteiger partial charge in [0, 0.05) is 6.54 Å². The van der Waals surface area contributed by atoms with Crippen molar-refractivity contribution in [3.8, 4) is 5.69 Å². The summed E-state index contributed by atoms with van der Waals surface area (Å²) in [4.78, 5) is 36.0. The summed E-state index contributed by atoms with van der Waals surface area (Å²) < 4.78 is 1.68. The van der Waals surface area contributed by atoms with E-state index in [0.717, 1.165) is 27.9 Å². The first kappa shape index (κ1) is 28.8. The van der Waals surface area contributed by atoms with Gasteiger partial charge in [-0.2, -0.15) is 0 Å². The van der Waals surface area contributed by atoms with Gasteiger partial charge >= 0.3 is 0 Å². The molecule has 1 amide bonds. The van der Waals surface area contributed by atoms with Crippen molar-refractivity contribution in [2.75, 3.05) is 6.54 Å². The normalized spacial score (nSPS) is 11.9. The minimum absolute atomic E-state index is 0.0382. The minimum Gasteiger partial charge on any atom is -0.332 e. The van der Waals surface area contributed by atoms with Crippen LogP contribution in [-0.2, 0) is 11.2 Å². The molecule has 0 aliphatic rings. The number of hydrogen-bond acceptors (Lipinski definition) is 3. The van der Waals surface area contributed by atoms with Crippen LogP contribution in [0.5, 0.6) is 0 Å². The zero-order chi connectivity index (χ0) is 30.5. The second-order valence-corrected chi connectivity index (χ2v) is 11.2. The first-order valence-electron chi connectivity index (χ1n) is 15.0. The third kappa shape index (κ3) is 5.95. The first-order valence-corrected chi connectivity index (χ1v) is 15.0. The molecule has 5 heteroatoms. The predicted octanol–water partition coefficient (Wildman–Crippen LogP) is 7.66.